The number of benzene rings is 1. The fourth-order valence-corrected chi connectivity index (χ4v) is 6.64. The molecule has 0 bridgehead atoms. The smallest absolute Gasteiger partial charge is 0.229 e. The van der Waals surface area contributed by atoms with Gasteiger partial charge in [0.25, 0.3) is 0 Å². The molecule has 1 aromatic carbocycles. The summed E-state index contributed by atoms with van der Waals surface area (Å²) >= 11 is 6.49. The average Bonchev–Trinajstić information content (AvgIpc) is 3.66. The average molecular weight is 586 g/mol. The van der Waals surface area contributed by atoms with E-state index in [0.717, 1.165) is 37.4 Å². The fourth-order valence-electron chi connectivity index (χ4n) is 5.17. The third kappa shape index (κ3) is 6.95. The molecule has 1 saturated heterocycles. The molecule has 2 N–H and O–H groups in total. The number of rotatable bonds is 11. The molecule has 1 aliphatic heterocycles. The van der Waals surface area contributed by atoms with Crippen LogP contribution in [-0.4, -0.2) is 60.3 Å². The van der Waals surface area contributed by atoms with Crippen LogP contribution in [0.1, 0.15) is 63.5 Å². The Morgan fingerprint density at radius 3 is 2.73 bits per heavy atom. The molecule has 2 aromatic heterocycles. The highest BCUT2D eigenvalue weighted by Crippen LogP contribution is 2.39. The number of nitrogens with zero attached hydrogens (tertiary/aromatic N) is 5. The molecule has 1 saturated carbocycles. The van der Waals surface area contributed by atoms with Gasteiger partial charge in [0.05, 0.1) is 34.5 Å². The zero-order valence-corrected chi connectivity index (χ0v) is 25.6. The molecule has 2 unspecified atom stereocenters. The van der Waals surface area contributed by atoms with E-state index in [4.69, 9.17) is 16.3 Å². The Balaban J connectivity index is 1.41. The zero-order valence-electron chi connectivity index (χ0n) is 24.0. The Morgan fingerprint density at radius 2 is 2.00 bits per heavy atom. The number of ether oxygens (including phenoxy) is 1. The number of anilines is 4. The topological polar surface area (TPSA) is 97.2 Å². The number of nitrogens with one attached hydrogen (secondary N) is 2. The van der Waals surface area contributed by atoms with Gasteiger partial charge in [-0.25, -0.2) is 4.98 Å². The minimum atomic E-state index is -1.25. The van der Waals surface area contributed by atoms with Crippen molar-refractivity contribution in [2.24, 2.45) is 13.0 Å². The second-order valence-electron chi connectivity index (χ2n) is 11.3. The number of aryl methyl sites for hydroxylation is 2. The Labute approximate surface area is 244 Å². The molecular formula is C29H40ClN7O2S. The summed E-state index contributed by atoms with van der Waals surface area (Å²) in [6.07, 6.45) is 8.17. The van der Waals surface area contributed by atoms with Crippen molar-refractivity contribution in [3.05, 3.63) is 40.7 Å². The summed E-state index contributed by atoms with van der Waals surface area (Å²) in [6, 6.07) is 4.37. The van der Waals surface area contributed by atoms with Gasteiger partial charge in [0.1, 0.15) is 10.8 Å². The molecule has 0 amide bonds. The SMILES string of the molecule is CCN1CCCC(c2cc(OC3CC3)c(Nc3ncc(Cl)c(Nc4cn(C)nc4S(=O)CC(C)C)n3)cc2C)C1. The Bertz CT molecular complexity index is 1370. The van der Waals surface area contributed by atoms with Gasteiger partial charge in [-0.3, -0.25) is 8.89 Å². The molecule has 0 radical (unpaired) electrons. The minimum absolute atomic E-state index is 0.258. The first kappa shape index (κ1) is 28.8. The van der Waals surface area contributed by atoms with Gasteiger partial charge in [-0.2, -0.15) is 10.1 Å². The molecule has 40 heavy (non-hydrogen) atoms. The lowest BCUT2D eigenvalue weighted by Gasteiger charge is -2.33. The molecule has 216 valence electrons. The van der Waals surface area contributed by atoms with Crippen LogP contribution in [0.5, 0.6) is 5.75 Å². The molecule has 2 fully saturated rings. The number of halogens is 1. The van der Waals surface area contributed by atoms with Gasteiger partial charge in [0, 0.05) is 25.5 Å². The van der Waals surface area contributed by atoms with E-state index in [1.165, 1.54) is 30.5 Å². The summed E-state index contributed by atoms with van der Waals surface area (Å²) in [7, 11) is 0.551. The normalized spacial score (nSPS) is 18.6. The van der Waals surface area contributed by atoms with Crippen molar-refractivity contribution in [2.75, 3.05) is 36.0 Å². The molecule has 2 atom stereocenters. The van der Waals surface area contributed by atoms with Gasteiger partial charge in [0.15, 0.2) is 10.8 Å². The molecule has 3 aromatic rings. The van der Waals surface area contributed by atoms with E-state index >= 15 is 0 Å². The molecule has 5 rings (SSSR count). The van der Waals surface area contributed by atoms with Crippen LogP contribution in [0.4, 0.5) is 23.1 Å². The molecule has 3 heterocycles. The molecule has 1 aliphatic carbocycles. The summed E-state index contributed by atoms with van der Waals surface area (Å²) < 4.78 is 20.9. The van der Waals surface area contributed by atoms with E-state index in [1.54, 1.807) is 24.1 Å². The lowest BCUT2D eigenvalue weighted by molar-refractivity contribution is 0.217. The highest BCUT2D eigenvalue weighted by molar-refractivity contribution is 7.85. The second-order valence-corrected chi connectivity index (χ2v) is 13.1. The van der Waals surface area contributed by atoms with Crippen molar-refractivity contribution in [1.29, 1.82) is 0 Å². The van der Waals surface area contributed by atoms with Crippen molar-refractivity contribution in [3.8, 4) is 5.75 Å². The van der Waals surface area contributed by atoms with Gasteiger partial charge >= 0.3 is 0 Å². The van der Waals surface area contributed by atoms with Gasteiger partial charge < -0.3 is 20.3 Å². The summed E-state index contributed by atoms with van der Waals surface area (Å²) in [5.41, 5.74) is 4.04. The van der Waals surface area contributed by atoms with Crippen molar-refractivity contribution in [3.63, 3.8) is 0 Å². The number of aromatic nitrogens is 4. The Morgan fingerprint density at radius 1 is 1.20 bits per heavy atom. The fraction of sp³-hybridized carbons (Fsp3) is 0.552. The number of piperidine rings is 1. The third-order valence-corrected chi connectivity index (χ3v) is 9.30. The first-order valence-electron chi connectivity index (χ1n) is 14.2. The summed E-state index contributed by atoms with van der Waals surface area (Å²) in [6.45, 7) is 11.8. The van der Waals surface area contributed by atoms with Crippen LogP contribution >= 0.6 is 11.6 Å². The summed E-state index contributed by atoms with van der Waals surface area (Å²) in [5.74, 6) is 2.94. The second kappa shape index (κ2) is 12.4. The molecule has 9 nitrogen and oxygen atoms in total. The quantitative estimate of drug-likeness (QED) is 0.276. The maximum Gasteiger partial charge on any atom is 0.229 e. The van der Waals surface area contributed by atoms with Gasteiger partial charge in [-0.05, 0) is 80.8 Å². The van der Waals surface area contributed by atoms with E-state index < -0.39 is 10.8 Å². The largest absolute Gasteiger partial charge is 0.488 e. The monoisotopic (exact) mass is 585 g/mol. The van der Waals surface area contributed by atoms with E-state index in [2.05, 4.69) is 56.6 Å². The summed E-state index contributed by atoms with van der Waals surface area (Å²) in [5, 5.41) is 11.9. The molecule has 2 aliphatic rings. The number of hydrogen-bond acceptors (Lipinski definition) is 8. The first-order chi connectivity index (χ1) is 19.2. The van der Waals surface area contributed by atoms with Crippen LogP contribution in [0.2, 0.25) is 5.02 Å². The maximum atomic E-state index is 12.9. The lowest BCUT2D eigenvalue weighted by atomic mass is 9.87. The van der Waals surface area contributed by atoms with Crippen molar-refractivity contribution < 1.29 is 8.95 Å². The minimum Gasteiger partial charge on any atom is -0.488 e. The van der Waals surface area contributed by atoms with Gasteiger partial charge in [-0.15, -0.1) is 0 Å². The van der Waals surface area contributed by atoms with Crippen LogP contribution in [0, 0.1) is 12.8 Å². The number of likely N-dealkylation sites (tertiary alicyclic amines) is 1. The maximum absolute atomic E-state index is 12.9. The van der Waals surface area contributed by atoms with Crippen LogP contribution in [0.15, 0.2) is 29.6 Å². The van der Waals surface area contributed by atoms with Crippen LogP contribution in [0.3, 0.4) is 0 Å². The zero-order chi connectivity index (χ0) is 28.4. The van der Waals surface area contributed by atoms with E-state index in [1.807, 2.05) is 13.8 Å². The van der Waals surface area contributed by atoms with Gasteiger partial charge in [-0.1, -0.05) is 32.4 Å². The Kier molecular flexibility index (Phi) is 8.97. The lowest BCUT2D eigenvalue weighted by Crippen LogP contribution is -2.34. The molecule has 11 heteroatoms. The summed E-state index contributed by atoms with van der Waals surface area (Å²) in [4.78, 5) is 11.6. The van der Waals surface area contributed by atoms with Crippen LogP contribution < -0.4 is 15.4 Å². The number of likely N-dealkylation sites (N-methyl/N-ethyl adjacent to an activating group) is 1. The van der Waals surface area contributed by atoms with Crippen molar-refractivity contribution in [2.45, 2.75) is 70.4 Å². The predicted molar refractivity (Wildman–Crippen MR) is 162 cm³/mol. The third-order valence-electron chi connectivity index (χ3n) is 7.32. The van der Waals surface area contributed by atoms with Gasteiger partial charge in [0.2, 0.25) is 5.95 Å². The number of hydrogen-bond donors (Lipinski definition) is 2. The predicted octanol–water partition coefficient (Wildman–Crippen LogP) is 6.16. The molecular weight excluding hydrogens is 546 g/mol. The Hall–Kier alpha value is -2.69. The van der Waals surface area contributed by atoms with Crippen LogP contribution in [-0.2, 0) is 17.8 Å². The highest BCUT2D eigenvalue weighted by Gasteiger charge is 2.28. The standard InChI is InChI=1S/C29H40ClN7O2S/c1-6-37-11-7-8-20(15-37)22-13-26(39-21-9-10-21)24(12-19(22)4)33-29-31-14-23(30)27(34-29)32-25-16-36(5)35-28(25)40(38)17-18(2)3/h12-14,16,18,20-21H,6-11,15,17H2,1-5H3,(H2,31,32,33,34). The van der Waals surface area contributed by atoms with Crippen molar-refractivity contribution >= 4 is 45.5 Å². The first-order valence-corrected chi connectivity index (χ1v) is 15.9. The van der Waals surface area contributed by atoms with Crippen molar-refractivity contribution in [1.82, 2.24) is 24.6 Å². The van der Waals surface area contributed by atoms with Crippen LogP contribution in [0.25, 0.3) is 0 Å². The van der Waals surface area contributed by atoms with E-state index in [9.17, 15) is 4.21 Å². The van der Waals surface area contributed by atoms with E-state index in [-0.39, 0.29) is 12.0 Å². The highest BCUT2D eigenvalue weighted by atomic mass is 35.5. The van der Waals surface area contributed by atoms with E-state index in [0.29, 0.717) is 39.2 Å². The molecule has 0 spiro atoms.